The van der Waals surface area contributed by atoms with Gasteiger partial charge in [0.1, 0.15) is 6.04 Å². The van der Waals surface area contributed by atoms with Gasteiger partial charge >= 0.3 is 5.97 Å². The summed E-state index contributed by atoms with van der Waals surface area (Å²) < 4.78 is 0. The van der Waals surface area contributed by atoms with Crippen molar-refractivity contribution in [2.24, 2.45) is 5.73 Å². The number of hydrogen-bond donors (Lipinski definition) is 2. The largest absolute Gasteiger partial charge is 0.480 e. The maximum absolute atomic E-state index is 10.8. The molecular formula is C14H12ClNO2. The Morgan fingerprint density at radius 2 is 1.72 bits per heavy atom. The second kappa shape index (κ2) is 5.21. The van der Waals surface area contributed by atoms with Gasteiger partial charge in [-0.2, -0.15) is 0 Å². The maximum Gasteiger partial charge on any atom is 0.325 e. The summed E-state index contributed by atoms with van der Waals surface area (Å²) in [6.07, 6.45) is 0. The van der Waals surface area contributed by atoms with Crippen LogP contribution in [0.5, 0.6) is 0 Å². The van der Waals surface area contributed by atoms with Gasteiger partial charge in [-0.3, -0.25) is 4.79 Å². The number of benzene rings is 2. The standard InChI is InChI=1S/C14H12ClNO2/c15-12-4-2-1-3-11(12)9-5-7-10(8-6-9)13(16)14(17)18/h1-8,13H,16H2,(H,17,18). The van der Waals surface area contributed by atoms with E-state index in [0.29, 0.717) is 10.6 Å². The Balaban J connectivity index is 2.34. The van der Waals surface area contributed by atoms with Gasteiger partial charge in [0.05, 0.1) is 0 Å². The quantitative estimate of drug-likeness (QED) is 0.892. The van der Waals surface area contributed by atoms with Crippen molar-refractivity contribution in [1.82, 2.24) is 0 Å². The predicted molar refractivity (Wildman–Crippen MR) is 71.5 cm³/mol. The van der Waals surface area contributed by atoms with Crippen LogP contribution in [-0.2, 0) is 4.79 Å². The van der Waals surface area contributed by atoms with Crippen molar-refractivity contribution < 1.29 is 9.90 Å². The molecule has 1 atom stereocenters. The summed E-state index contributed by atoms with van der Waals surface area (Å²) in [5.41, 5.74) is 7.94. The van der Waals surface area contributed by atoms with Crippen molar-refractivity contribution in [1.29, 1.82) is 0 Å². The van der Waals surface area contributed by atoms with Gasteiger partial charge in [-0.25, -0.2) is 0 Å². The molecule has 92 valence electrons. The average molecular weight is 262 g/mol. The van der Waals surface area contributed by atoms with Gasteiger partial charge in [0.2, 0.25) is 0 Å². The molecule has 2 rings (SSSR count). The lowest BCUT2D eigenvalue weighted by molar-refractivity contribution is -0.138. The van der Waals surface area contributed by atoms with Crippen LogP contribution in [0.4, 0.5) is 0 Å². The van der Waals surface area contributed by atoms with Crippen LogP contribution in [0.3, 0.4) is 0 Å². The van der Waals surface area contributed by atoms with E-state index in [9.17, 15) is 4.79 Å². The molecule has 3 N–H and O–H groups in total. The number of hydrogen-bond acceptors (Lipinski definition) is 2. The van der Waals surface area contributed by atoms with Gasteiger partial charge in [0.15, 0.2) is 0 Å². The SMILES string of the molecule is NC(C(=O)O)c1ccc(-c2ccccc2Cl)cc1. The second-order valence-electron chi connectivity index (χ2n) is 3.92. The minimum atomic E-state index is -1.04. The summed E-state index contributed by atoms with van der Waals surface area (Å²) in [7, 11) is 0. The molecule has 0 bridgehead atoms. The van der Waals surface area contributed by atoms with Crippen LogP contribution in [0.25, 0.3) is 11.1 Å². The van der Waals surface area contributed by atoms with Crippen LogP contribution >= 0.6 is 11.6 Å². The van der Waals surface area contributed by atoms with Crippen molar-refractivity contribution in [3.8, 4) is 11.1 Å². The van der Waals surface area contributed by atoms with Gasteiger partial charge in [-0.15, -0.1) is 0 Å². The fourth-order valence-electron chi connectivity index (χ4n) is 1.71. The van der Waals surface area contributed by atoms with Crippen LogP contribution < -0.4 is 5.73 Å². The number of carboxylic acid groups (broad SMARTS) is 1. The number of halogens is 1. The molecule has 3 nitrogen and oxygen atoms in total. The molecule has 1 unspecified atom stereocenters. The van der Waals surface area contributed by atoms with E-state index >= 15 is 0 Å². The number of aliphatic carboxylic acids is 1. The number of rotatable bonds is 3. The Morgan fingerprint density at radius 1 is 1.11 bits per heavy atom. The van der Waals surface area contributed by atoms with Crippen LogP contribution in [0.15, 0.2) is 48.5 Å². The zero-order valence-corrected chi connectivity index (χ0v) is 10.3. The average Bonchev–Trinajstić information content (AvgIpc) is 2.38. The molecule has 2 aromatic carbocycles. The normalized spacial score (nSPS) is 12.1. The fraction of sp³-hybridized carbons (Fsp3) is 0.0714. The van der Waals surface area contributed by atoms with E-state index in [1.165, 1.54) is 0 Å². The minimum Gasteiger partial charge on any atom is -0.480 e. The molecule has 0 aliphatic rings. The molecule has 0 radical (unpaired) electrons. The molecule has 18 heavy (non-hydrogen) atoms. The van der Waals surface area contributed by atoms with Crippen LogP contribution in [0, 0.1) is 0 Å². The molecule has 2 aromatic rings. The minimum absolute atomic E-state index is 0.568. The maximum atomic E-state index is 10.8. The monoisotopic (exact) mass is 261 g/mol. The summed E-state index contributed by atoms with van der Waals surface area (Å²) in [4.78, 5) is 10.8. The highest BCUT2D eigenvalue weighted by atomic mass is 35.5. The Morgan fingerprint density at radius 3 is 2.28 bits per heavy atom. The van der Waals surface area contributed by atoms with E-state index < -0.39 is 12.0 Å². The summed E-state index contributed by atoms with van der Waals surface area (Å²) in [6.45, 7) is 0. The molecule has 0 aliphatic heterocycles. The fourth-order valence-corrected chi connectivity index (χ4v) is 1.95. The Hall–Kier alpha value is -1.84. The van der Waals surface area contributed by atoms with Crippen LogP contribution in [0.2, 0.25) is 5.02 Å². The molecule has 0 spiro atoms. The van der Waals surface area contributed by atoms with Crippen molar-refractivity contribution in [3.63, 3.8) is 0 Å². The van der Waals surface area contributed by atoms with E-state index in [4.69, 9.17) is 22.4 Å². The molecule has 0 aliphatic carbocycles. The van der Waals surface area contributed by atoms with E-state index in [1.807, 2.05) is 36.4 Å². The zero-order chi connectivity index (χ0) is 13.1. The van der Waals surface area contributed by atoms with E-state index in [2.05, 4.69) is 0 Å². The third-order valence-electron chi connectivity index (χ3n) is 2.72. The Kier molecular flexibility index (Phi) is 3.65. The number of carboxylic acids is 1. The van der Waals surface area contributed by atoms with Crippen molar-refractivity contribution in [2.75, 3.05) is 0 Å². The molecule has 0 fully saturated rings. The molecule has 0 heterocycles. The number of carbonyl (C=O) groups is 1. The first-order valence-corrected chi connectivity index (χ1v) is 5.80. The van der Waals surface area contributed by atoms with Crippen molar-refractivity contribution >= 4 is 17.6 Å². The van der Waals surface area contributed by atoms with Gasteiger partial charge in [-0.05, 0) is 17.2 Å². The predicted octanol–water partition coefficient (Wildman–Crippen LogP) is 3.09. The van der Waals surface area contributed by atoms with Crippen molar-refractivity contribution in [3.05, 3.63) is 59.1 Å². The molecule has 4 heteroatoms. The lowest BCUT2D eigenvalue weighted by Gasteiger charge is -2.09. The van der Waals surface area contributed by atoms with E-state index in [1.54, 1.807) is 12.1 Å². The third kappa shape index (κ3) is 2.53. The summed E-state index contributed by atoms with van der Waals surface area (Å²) >= 11 is 6.09. The summed E-state index contributed by atoms with van der Waals surface area (Å²) in [5, 5.41) is 9.48. The lowest BCUT2D eigenvalue weighted by atomic mass is 10.0. The molecule has 0 saturated carbocycles. The lowest BCUT2D eigenvalue weighted by Crippen LogP contribution is -2.20. The smallest absolute Gasteiger partial charge is 0.325 e. The molecule has 0 aromatic heterocycles. The van der Waals surface area contributed by atoms with Gasteiger partial charge in [0.25, 0.3) is 0 Å². The molecular weight excluding hydrogens is 250 g/mol. The highest BCUT2D eigenvalue weighted by molar-refractivity contribution is 6.33. The third-order valence-corrected chi connectivity index (χ3v) is 3.05. The Bertz CT molecular complexity index is 566. The van der Waals surface area contributed by atoms with E-state index in [0.717, 1.165) is 11.1 Å². The van der Waals surface area contributed by atoms with Gasteiger partial charge < -0.3 is 10.8 Å². The van der Waals surface area contributed by atoms with Crippen molar-refractivity contribution in [2.45, 2.75) is 6.04 Å². The topological polar surface area (TPSA) is 63.3 Å². The summed E-state index contributed by atoms with van der Waals surface area (Å²) in [6, 6.07) is 13.5. The first kappa shape index (κ1) is 12.6. The number of nitrogens with two attached hydrogens (primary N) is 1. The molecule has 0 saturated heterocycles. The zero-order valence-electron chi connectivity index (χ0n) is 9.51. The first-order valence-electron chi connectivity index (χ1n) is 5.43. The van der Waals surface area contributed by atoms with Gasteiger partial charge in [-0.1, -0.05) is 54.1 Å². The first-order chi connectivity index (χ1) is 8.59. The molecule has 0 amide bonds. The van der Waals surface area contributed by atoms with Gasteiger partial charge in [0, 0.05) is 10.6 Å². The van der Waals surface area contributed by atoms with E-state index in [-0.39, 0.29) is 0 Å². The highest BCUT2D eigenvalue weighted by Crippen LogP contribution is 2.28. The van der Waals surface area contributed by atoms with Crippen LogP contribution in [0.1, 0.15) is 11.6 Å². The second-order valence-corrected chi connectivity index (χ2v) is 4.32. The highest BCUT2D eigenvalue weighted by Gasteiger charge is 2.13. The Labute approximate surface area is 110 Å². The van der Waals surface area contributed by atoms with Crippen LogP contribution in [-0.4, -0.2) is 11.1 Å². The summed E-state index contributed by atoms with van der Waals surface area (Å²) in [5.74, 6) is -1.04.